The van der Waals surface area contributed by atoms with Crippen LogP contribution in [0.25, 0.3) is 10.9 Å². The molecule has 162 valence electrons. The number of rotatable bonds is 5. The van der Waals surface area contributed by atoms with Crippen molar-refractivity contribution < 1.29 is 4.79 Å². The van der Waals surface area contributed by atoms with Gasteiger partial charge in [-0.15, -0.1) is 0 Å². The van der Waals surface area contributed by atoms with Crippen LogP contribution in [0.15, 0.2) is 24.4 Å². The maximum Gasteiger partial charge on any atom is 0.224 e. The van der Waals surface area contributed by atoms with E-state index in [1.165, 1.54) is 54.1 Å². The SMILES string of the molecule is CCCCn1cc2c3c(cccc31)[C@H]1C[C@@H](C(=O)NC3CCCCC3)CN(C)[C@@H]1C2. The third-order valence-corrected chi connectivity index (χ3v) is 8.00. The van der Waals surface area contributed by atoms with Crippen molar-refractivity contribution in [3.05, 3.63) is 35.5 Å². The largest absolute Gasteiger partial charge is 0.353 e. The van der Waals surface area contributed by atoms with Crippen LogP contribution in [0.2, 0.25) is 0 Å². The number of unbranched alkanes of at least 4 members (excludes halogenated alkanes) is 1. The summed E-state index contributed by atoms with van der Waals surface area (Å²) in [5.74, 6) is 0.868. The lowest BCUT2D eigenvalue weighted by molar-refractivity contribution is -0.128. The van der Waals surface area contributed by atoms with Gasteiger partial charge in [0.15, 0.2) is 0 Å². The summed E-state index contributed by atoms with van der Waals surface area (Å²) in [6.07, 6.45) is 13.1. The molecule has 3 aliphatic rings. The molecule has 3 atom stereocenters. The summed E-state index contributed by atoms with van der Waals surface area (Å²) in [5.41, 5.74) is 4.39. The second-order valence-electron chi connectivity index (χ2n) is 10.0. The Hall–Kier alpha value is -1.81. The predicted molar refractivity (Wildman–Crippen MR) is 123 cm³/mol. The Morgan fingerprint density at radius 3 is 2.83 bits per heavy atom. The van der Waals surface area contributed by atoms with Gasteiger partial charge in [-0.1, -0.05) is 44.7 Å². The van der Waals surface area contributed by atoms with E-state index in [2.05, 4.69) is 53.2 Å². The fourth-order valence-electron chi connectivity index (χ4n) is 6.39. The van der Waals surface area contributed by atoms with Crippen LogP contribution in [0.3, 0.4) is 0 Å². The number of aromatic nitrogens is 1. The van der Waals surface area contributed by atoms with Crippen molar-refractivity contribution in [3.8, 4) is 0 Å². The van der Waals surface area contributed by atoms with Gasteiger partial charge in [-0.3, -0.25) is 4.79 Å². The molecule has 0 radical (unpaired) electrons. The summed E-state index contributed by atoms with van der Waals surface area (Å²) in [7, 11) is 2.23. The summed E-state index contributed by atoms with van der Waals surface area (Å²) < 4.78 is 2.47. The molecule has 2 heterocycles. The Morgan fingerprint density at radius 1 is 1.20 bits per heavy atom. The minimum Gasteiger partial charge on any atom is -0.353 e. The first-order valence-corrected chi connectivity index (χ1v) is 12.3. The molecule has 30 heavy (non-hydrogen) atoms. The minimum atomic E-state index is 0.108. The summed E-state index contributed by atoms with van der Waals surface area (Å²) in [6, 6.07) is 7.78. The van der Waals surface area contributed by atoms with Gasteiger partial charge < -0.3 is 14.8 Å². The maximum atomic E-state index is 13.2. The number of amides is 1. The molecule has 0 bridgehead atoms. The van der Waals surface area contributed by atoms with Gasteiger partial charge in [0.1, 0.15) is 0 Å². The normalized spacial score (nSPS) is 27.2. The van der Waals surface area contributed by atoms with Gasteiger partial charge in [-0.25, -0.2) is 0 Å². The van der Waals surface area contributed by atoms with Crippen molar-refractivity contribution in [2.45, 2.75) is 89.3 Å². The smallest absolute Gasteiger partial charge is 0.224 e. The number of piperidine rings is 1. The van der Waals surface area contributed by atoms with Crippen LogP contribution in [-0.2, 0) is 17.8 Å². The molecule has 1 saturated heterocycles. The maximum absolute atomic E-state index is 13.2. The highest BCUT2D eigenvalue weighted by atomic mass is 16.2. The van der Waals surface area contributed by atoms with Crippen LogP contribution in [0, 0.1) is 5.92 Å². The molecular formula is C26H37N3O. The van der Waals surface area contributed by atoms with Crippen molar-refractivity contribution in [2.75, 3.05) is 13.6 Å². The molecule has 0 unspecified atom stereocenters. The van der Waals surface area contributed by atoms with Crippen LogP contribution < -0.4 is 5.32 Å². The van der Waals surface area contributed by atoms with Crippen LogP contribution in [0.5, 0.6) is 0 Å². The number of nitrogens with zero attached hydrogens (tertiary/aromatic N) is 2. The number of hydrogen-bond donors (Lipinski definition) is 1. The molecule has 1 aliphatic heterocycles. The Labute approximate surface area is 181 Å². The summed E-state index contributed by atoms with van der Waals surface area (Å²) in [4.78, 5) is 15.6. The Kier molecular flexibility index (Phi) is 5.61. The van der Waals surface area contributed by atoms with Gasteiger partial charge in [-0.05, 0) is 56.3 Å². The number of nitrogens with one attached hydrogen (secondary N) is 1. The molecule has 2 aromatic rings. The molecule has 1 N–H and O–H groups in total. The number of likely N-dealkylation sites (N-methyl/N-ethyl adjacent to an activating group) is 1. The molecule has 2 fully saturated rings. The highest BCUT2D eigenvalue weighted by molar-refractivity contribution is 5.89. The van der Waals surface area contributed by atoms with E-state index in [1.807, 2.05) is 0 Å². The summed E-state index contributed by atoms with van der Waals surface area (Å²) >= 11 is 0. The van der Waals surface area contributed by atoms with Crippen molar-refractivity contribution >= 4 is 16.8 Å². The minimum absolute atomic E-state index is 0.108. The second kappa shape index (κ2) is 8.37. The first-order valence-electron chi connectivity index (χ1n) is 12.3. The molecule has 0 spiro atoms. The van der Waals surface area contributed by atoms with Crippen LogP contribution in [0.4, 0.5) is 0 Å². The van der Waals surface area contributed by atoms with Crippen LogP contribution in [-0.4, -0.2) is 41.1 Å². The fourth-order valence-corrected chi connectivity index (χ4v) is 6.39. The number of carbonyl (C=O) groups excluding carboxylic acids is 1. The van der Waals surface area contributed by atoms with Crippen LogP contribution >= 0.6 is 0 Å². The van der Waals surface area contributed by atoms with Gasteiger partial charge in [0, 0.05) is 48.2 Å². The zero-order chi connectivity index (χ0) is 20.7. The lowest BCUT2D eigenvalue weighted by Gasteiger charge is -2.45. The van der Waals surface area contributed by atoms with E-state index in [9.17, 15) is 4.79 Å². The van der Waals surface area contributed by atoms with Gasteiger partial charge in [-0.2, -0.15) is 0 Å². The first kappa shape index (κ1) is 20.1. The Morgan fingerprint density at radius 2 is 2.03 bits per heavy atom. The lowest BCUT2D eigenvalue weighted by Crippen LogP contribution is -2.52. The topological polar surface area (TPSA) is 37.3 Å². The zero-order valence-corrected chi connectivity index (χ0v) is 18.7. The molecular weight excluding hydrogens is 370 g/mol. The van der Waals surface area contributed by atoms with Gasteiger partial charge in [0.25, 0.3) is 0 Å². The molecule has 1 aromatic carbocycles. The van der Waals surface area contributed by atoms with E-state index >= 15 is 0 Å². The van der Waals surface area contributed by atoms with Gasteiger partial charge in [0.05, 0.1) is 5.92 Å². The molecule has 1 aromatic heterocycles. The van der Waals surface area contributed by atoms with E-state index in [4.69, 9.17) is 0 Å². The van der Waals surface area contributed by atoms with E-state index in [0.29, 0.717) is 23.9 Å². The predicted octanol–water partition coefficient (Wildman–Crippen LogP) is 4.85. The molecule has 4 heteroatoms. The highest BCUT2D eigenvalue weighted by Gasteiger charge is 2.41. The highest BCUT2D eigenvalue weighted by Crippen LogP contribution is 2.45. The number of aryl methyl sites for hydroxylation is 1. The quantitative estimate of drug-likeness (QED) is 0.769. The summed E-state index contributed by atoms with van der Waals surface area (Å²) in [6.45, 7) is 4.26. The standard InChI is InChI=1S/C26H37N3O/c1-3-4-13-29-17-18-15-24-22(21-11-8-12-23(29)25(18)21)14-19(16-28(24)2)26(30)27-20-9-6-5-7-10-20/h8,11-12,17,19-20,22,24H,3-7,9-10,13-16H2,1-2H3,(H,27,30)/t19-,22-,24-/m1/s1. The Balaban J connectivity index is 1.40. The average molecular weight is 408 g/mol. The van der Waals surface area contributed by atoms with Crippen LogP contribution in [0.1, 0.15) is 75.3 Å². The lowest BCUT2D eigenvalue weighted by atomic mass is 9.72. The van der Waals surface area contributed by atoms with E-state index in [-0.39, 0.29) is 5.92 Å². The molecule has 5 rings (SSSR count). The first-order chi connectivity index (χ1) is 14.7. The van der Waals surface area contributed by atoms with Crippen molar-refractivity contribution in [1.29, 1.82) is 0 Å². The average Bonchev–Trinajstić information content (AvgIpc) is 3.12. The number of hydrogen-bond acceptors (Lipinski definition) is 2. The van der Waals surface area contributed by atoms with Crippen molar-refractivity contribution in [3.63, 3.8) is 0 Å². The number of fused-ring (bicyclic) bond motifs is 2. The number of benzene rings is 1. The van der Waals surface area contributed by atoms with Crippen molar-refractivity contribution in [2.24, 2.45) is 5.92 Å². The van der Waals surface area contributed by atoms with Gasteiger partial charge >= 0.3 is 0 Å². The third-order valence-electron chi connectivity index (χ3n) is 8.00. The molecule has 4 nitrogen and oxygen atoms in total. The van der Waals surface area contributed by atoms with E-state index in [1.54, 1.807) is 0 Å². The fraction of sp³-hybridized carbons (Fsp3) is 0.654. The number of likely N-dealkylation sites (tertiary alicyclic amines) is 1. The zero-order valence-electron chi connectivity index (χ0n) is 18.7. The van der Waals surface area contributed by atoms with E-state index in [0.717, 1.165) is 38.8 Å². The van der Waals surface area contributed by atoms with Crippen molar-refractivity contribution in [1.82, 2.24) is 14.8 Å². The molecule has 1 amide bonds. The van der Waals surface area contributed by atoms with Gasteiger partial charge in [0.2, 0.25) is 5.91 Å². The summed E-state index contributed by atoms with van der Waals surface area (Å²) in [5, 5.41) is 4.89. The Bertz CT molecular complexity index is 910. The molecule has 2 aliphatic carbocycles. The monoisotopic (exact) mass is 407 g/mol. The third kappa shape index (κ3) is 3.57. The van der Waals surface area contributed by atoms with E-state index < -0.39 is 0 Å². The molecule has 1 saturated carbocycles. The number of carbonyl (C=O) groups is 1. The second-order valence-corrected chi connectivity index (χ2v) is 10.0.